The number of aliphatic carboxylic acids is 1. The van der Waals surface area contributed by atoms with Crippen LogP contribution in [-0.4, -0.2) is 27.0 Å². The van der Waals surface area contributed by atoms with E-state index in [1.165, 1.54) is 11.3 Å². The lowest BCUT2D eigenvalue weighted by molar-refractivity contribution is -0.133. The minimum Gasteiger partial charge on any atom is -0.481 e. The van der Waals surface area contributed by atoms with Crippen LogP contribution >= 0.6 is 39.0 Å². The van der Waals surface area contributed by atoms with Gasteiger partial charge in [0.2, 0.25) is 0 Å². The van der Waals surface area contributed by atoms with Crippen molar-refractivity contribution < 1.29 is 14.3 Å². The lowest BCUT2D eigenvalue weighted by Crippen LogP contribution is -1.97. The number of nitrogens with zero attached hydrogens (tertiary/aromatic N) is 2. The first-order valence-electron chi connectivity index (χ1n) is 4.09. The van der Waals surface area contributed by atoms with Crippen molar-refractivity contribution in [3.05, 3.63) is 15.9 Å². The minimum atomic E-state index is -0.913. The van der Waals surface area contributed by atoms with Gasteiger partial charge in [-0.2, -0.15) is 0 Å². The molecule has 2 aromatic heterocycles. The zero-order valence-corrected chi connectivity index (χ0v) is 10.9. The van der Waals surface area contributed by atoms with Crippen molar-refractivity contribution in [3.63, 3.8) is 0 Å². The molecule has 1 N–H and O–H groups in total. The number of rotatable bonds is 4. The van der Waals surface area contributed by atoms with E-state index in [9.17, 15) is 4.79 Å². The Morgan fingerprint density at radius 2 is 2.38 bits per heavy atom. The van der Waals surface area contributed by atoms with E-state index in [-0.39, 0.29) is 11.0 Å². The lowest BCUT2D eigenvalue weighted by Gasteiger charge is -1.88. The second-order valence-electron chi connectivity index (χ2n) is 2.66. The molecule has 2 aromatic rings. The van der Waals surface area contributed by atoms with Crippen molar-refractivity contribution in [1.82, 2.24) is 10.2 Å². The lowest BCUT2D eigenvalue weighted by atomic mass is 10.5. The molecule has 0 saturated carbocycles. The van der Waals surface area contributed by atoms with Gasteiger partial charge in [-0.05, 0) is 28.1 Å². The highest BCUT2D eigenvalue weighted by Gasteiger charge is 2.11. The van der Waals surface area contributed by atoms with Gasteiger partial charge in [0.05, 0.1) is 8.66 Å². The average Bonchev–Trinajstić information content (AvgIpc) is 2.83. The molecule has 0 saturated heterocycles. The molecule has 0 amide bonds. The van der Waals surface area contributed by atoms with Gasteiger partial charge in [0.15, 0.2) is 0 Å². The maximum atomic E-state index is 10.3. The van der Waals surface area contributed by atoms with Crippen molar-refractivity contribution in [2.75, 3.05) is 5.75 Å². The van der Waals surface area contributed by atoms with Crippen LogP contribution in [0.5, 0.6) is 0 Å². The van der Waals surface area contributed by atoms with Crippen molar-refractivity contribution in [2.24, 2.45) is 0 Å². The second-order valence-corrected chi connectivity index (χ2v) is 6.05. The highest BCUT2D eigenvalue weighted by molar-refractivity contribution is 9.11. The molecule has 0 aliphatic rings. The van der Waals surface area contributed by atoms with Crippen molar-refractivity contribution >= 4 is 45.0 Å². The number of thioether (sulfide) groups is 1. The van der Waals surface area contributed by atoms with E-state index in [0.717, 1.165) is 20.4 Å². The Morgan fingerprint density at radius 3 is 3.00 bits per heavy atom. The van der Waals surface area contributed by atoms with Crippen molar-refractivity contribution in [1.29, 1.82) is 0 Å². The van der Waals surface area contributed by atoms with E-state index < -0.39 is 5.97 Å². The SMILES string of the molecule is O=C(O)CSc1nnc(-c2ccc(Br)s2)o1. The molecule has 0 unspecified atom stereocenters. The van der Waals surface area contributed by atoms with Gasteiger partial charge in [0.1, 0.15) is 5.75 Å². The fourth-order valence-corrected chi connectivity index (χ4v) is 2.71. The Labute approximate surface area is 107 Å². The molecule has 0 fully saturated rings. The summed E-state index contributed by atoms with van der Waals surface area (Å²) in [5, 5.41) is 16.3. The van der Waals surface area contributed by atoms with Crippen molar-refractivity contribution in [3.8, 4) is 10.8 Å². The largest absolute Gasteiger partial charge is 0.481 e. The summed E-state index contributed by atoms with van der Waals surface area (Å²) in [5.41, 5.74) is 0. The highest BCUT2D eigenvalue weighted by Crippen LogP contribution is 2.31. The Hall–Kier alpha value is -0.860. The molecule has 0 aliphatic heterocycles. The van der Waals surface area contributed by atoms with Crippen LogP contribution in [0.2, 0.25) is 0 Å². The van der Waals surface area contributed by atoms with Gasteiger partial charge < -0.3 is 9.52 Å². The van der Waals surface area contributed by atoms with E-state index in [0.29, 0.717) is 5.89 Å². The molecule has 0 spiro atoms. The molecule has 0 radical (unpaired) electrons. The van der Waals surface area contributed by atoms with E-state index in [4.69, 9.17) is 9.52 Å². The van der Waals surface area contributed by atoms with Crippen LogP contribution in [-0.2, 0) is 4.79 Å². The number of carbonyl (C=O) groups is 1. The summed E-state index contributed by atoms with van der Waals surface area (Å²) in [6.07, 6.45) is 0. The van der Waals surface area contributed by atoms with Crippen LogP contribution < -0.4 is 0 Å². The first kappa shape index (κ1) is 11.6. The third-order valence-electron chi connectivity index (χ3n) is 1.51. The molecule has 2 heterocycles. The number of carboxylic acids is 1. The van der Waals surface area contributed by atoms with Crippen LogP contribution in [0.4, 0.5) is 0 Å². The Balaban J connectivity index is 2.10. The fraction of sp³-hybridized carbons (Fsp3) is 0.125. The Bertz CT molecular complexity index is 511. The normalized spacial score (nSPS) is 10.6. The van der Waals surface area contributed by atoms with E-state index in [1.54, 1.807) is 0 Å². The van der Waals surface area contributed by atoms with Crippen LogP contribution in [0.25, 0.3) is 10.8 Å². The maximum absolute atomic E-state index is 10.3. The van der Waals surface area contributed by atoms with E-state index >= 15 is 0 Å². The number of halogens is 1. The van der Waals surface area contributed by atoms with Crippen molar-refractivity contribution in [2.45, 2.75) is 5.22 Å². The van der Waals surface area contributed by atoms with Gasteiger partial charge in [-0.1, -0.05) is 11.8 Å². The highest BCUT2D eigenvalue weighted by atomic mass is 79.9. The maximum Gasteiger partial charge on any atom is 0.314 e. The van der Waals surface area contributed by atoms with E-state index in [1.807, 2.05) is 12.1 Å². The Morgan fingerprint density at radius 1 is 1.56 bits per heavy atom. The van der Waals surface area contributed by atoms with Gasteiger partial charge in [-0.15, -0.1) is 21.5 Å². The molecule has 0 aromatic carbocycles. The molecule has 16 heavy (non-hydrogen) atoms. The predicted octanol–water partition coefficient (Wildman–Crippen LogP) is 2.74. The molecule has 0 aliphatic carbocycles. The molecule has 8 heteroatoms. The molecule has 5 nitrogen and oxygen atoms in total. The zero-order valence-electron chi connectivity index (χ0n) is 7.71. The van der Waals surface area contributed by atoms with Gasteiger partial charge in [-0.25, -0.2) is 0 Å². The van der Waals surface area contributed by atoms with Gasteiger partial charge in [0.25, 0.3) is 11.1 Å². The third-order valence-corrected chi connectivity index (χ3v) is 3.92. The summed E-state index contributed by atoms with van der Waals surface area (Å²) in [6.45, 7) is 0. The molecule has 84 valence electrons. The monoisotopic (exact) mass is 320 g/mol. The second kappa shape index (κ2) is 4.98. The average molecular weight is 321 g/mol. The summed E-state index contributed by atoms with van der Waals surface area (Å²) in [5.74, 6) is -0.595. The van der Waals surface area contributed by atoms with Crippen LogP contribution in [0.3, 0.4) is 0 Å². The van der Waals surface area contributed by atoms with Gasteiger partial charge in [-0.3, -0.25) is 4.79 Å². The number of hydrogen-bond donors (Lipinski definition) is 1. The minimum absolute atomic E-state index is 0.0875. The molecule has 0 bridgehead atoms. The van der Waals surface area contributed by atoms with Crippen LogP contribution in [0.1, 0.15) is 0 Å². The summed E-state index contributed by atoms with van der Waals surface area (Å²) in [7, 11) is 0. The first-order valence-corrected chi connectivity index (χ1v) is 6.68. The number of hydrogen-bond acceptors (Lipinski definition) is 6. The quantitative estimate of drug-likeness (QED) is 0.873. The number of carboxylic acid groups (broad SMARTS) is 1. The number of thiophene rings is 1. The Kier molecular flexibility index (Phi) is 3.62. The fourth-order valence-electron chi connectivity index (χ4n) is 0.920. The summed E-state index contributed by atoms with van der Waals surface area (Å²) >= 11 is 5.81. The number of aromatic nitrogens is 2. The van der Waals surface area contributed by atoms with Crippen LogP contribution in [0, 0.1) is 0 Å². The summed E-state index contributed by atoms with van der Waals surface area (Å²) in [6, 6.07) is 3.74. The standard InChI is InChI=1S/C8H5BrN2O3S2/c9-5-2-1-4(16-5)7-10-11-8(14-7)15-3-6(12)13/h1-2H,3H2,(H,12,13). The van der Waals surface area contributed by atoms with Gasteiger partial charge >= 0.3 is 5.97 Å². The molecular weight excluding hydrogens is 316 g/mol. The molecular formula is C8H5BrN2O3S2. The topological polar surface area (TPSA) is 76.2 Å². The van der Waals surface area contributed by atoms with Gasteiger partial charge in [0, 0.05) is 0 Å². The van der Waals surface area contributed by atoms with Crippen LogP contribution in [0.15, 0.2) is 25.6 Å². The first-order chi connectivity index (χ1) is 7.65. The summed E-state index contributed by atoms with van der Waals surface area (Å²) in [4.78, 5) is 11.2. The predicted molar refractivity (Wildman–Crippen MR) is 63.7 cm³/mol. The molecule has 2 rings (SSSR count). The molecule has 0 atom stereocenters. The van der Waals surface area contributed by atoms with E-state index in [2.05, 4.69) is 26.1 Å². The summed E-state index contributed by atoms with van der Waals surface area (Å²) < 4.78 is 6.27. The smallest absolute Gasteiger partial charge is 0.314 e. The zero-order chi connectivity index (χ0) is 11.5. The third kappa shape index (κ3) is 2.83.